The monoisotopic (exact) mass is 216 g/mol. The quantitative estimate of drug-likeness (QED) is 0.732. The molecule has 12 heavy (non-hydrogen) atoms. The van der Waals surface area contributed by atoms with Crippen molar-refractivity contribution in [3.63, 3.8) is 0 Å². The Hall–Kier alpha value is 0.460. The van der Waals surface area contributed by atoms with Gasteiger partial charge in [0, 0.05) is 25.7 Å². The zero-order chi connectivity index (χ0) is 7.40. The highest BCUT2D eigenvalue weighted by atomic mass is 35.5. The molecule has 0 spiro atoms. The van der Waals surface area contributed by atoms with Crippen LogP contribution >= 0.6 is 24.8 Å². The Bertz CT molecular complexity index is 97.4. The maximum Gasteiger partial charge on any atom is 0.0594 e. The summed E-state index contributed by atoms with van der Waals surface area (Å²) in [6, 6.07) is 0.290. The first-order valence-electron chi connectivity index (χ1n) is 3.84. The standard InChI is InChI=1S/C7H16N2O.2ClH/c1-7(8)6-9-2-4-10-5-3-9;;/h7H,2-6,8H2,1H3;2*1H. The highest BCUT2D eigenvalue weighted by molar-refractivity contribution is 5.85. The van der Waals surface area contributed by atoms with E-state index in [2.05, 4.69) is 4.90 Å². The number of hydrogen-bond acceptors (Lipinski definition) is 3. The number of nitrogens with zero attached hydrogens (tertiary/aromatic N) is 1. The van der Waals surface area contributed by atoms with Gasteiger partial charge in [0.05, 0.1) is 13.2 Å². The summed E-state index contributed by atoms with van der Waals surface area (Å²) in [4.78, 5) is 2.34. The van der Waals surface area contributed by atoms with Crippen LogP contribution in [0.1, 0.15) is 6.92 Å². The molecule has 0 aromatic heterocycles. The van der Waals surface area contributed by atoms with Crippen molar-refractivity contribution in [3.05, 3.63) is 0 Å². The number of morpholine rings is 1. The fourth-order valence-electron chi connectivity index (χ4n) is 1.19. The number of rotatable bonds is 2. The van der Waals surface area contributed by atoms with Gasteiger partial charge < -0.3 is 10.5 Å². The molecule has 2 N–H and O–H groups in total. The van der Waals surface area contributed by atoms with Gasteiger partial charge in [-0.05, 0) is 6.92 Å². The topological polar surface area (TPSA) is 38.5 Å². The highest BCUT2D eigenvalue weighted by Gasteiger charge is 2.10. The van der Waals surface area contributed by atoms with Crippen molar-refractivity contribution in [2.45, 2.75) is 13.0 Å². The Morgan fingerprint density at radius 1 is 1.33 bits per heavy atom. The van der Waals surface area contributed by atoms with Crippen LogP contribution in [0, 0.1) is 0 Å². The molecule has 5 heteroatoms. The van der Waals surface area contributed by atoms with Crippen LogP contribution in [0.4, 0.5) is 0 Å². The second kappa shape index (κ2) is 8.08. The summed E-state index contributed by atoms with van der Waals surface area (Å²) in [5.41, 5.74) is 5.64. The lowest BCUT2D eigenvalue weighted by Crippen LogP contribution is -2.42. The van der Waals surface area contributed by atoms with Gasteiger partial charge in [-0.3, -0.25) is 4.90 Å². The molecule has 0 aromatic rings. The summed E-state index contributed by atoms with van der Waals surface area (Å²) in [5.74, 6) is 0. The molecular formula is C7H18Cl2N2O. The van der Waals surface area contributed by atoms with Gasteiger partial charge >= 0.3 is 0 Å². The van der Waals surface area contributed by atoms with Crippen molar-refractivity contribution >= 4 is 24.8 Å². The average Bonchev–Trinajstić information content (AvgIpc) is 1.88. The first-order chi connectivity index (χ1) is 4.79. The zero-order valence-corrected chi connectivity index (χ0v) is 9.00. The molecule has 0 saturated carbocycles. The predicted molar refractivity (Wildman–Crippen MR) is 55.4 cm³/mol. The van der Waals surface area contributed by atoms with Crippen molar-refractivity contribution in [1.29, 1.82) is 0 Å². The van der Waals surface area contributed by atoms with Crippen LogP contribution in [0.25, 0.3) is 0 Å². The van der Waals surface area contributed by atoms with Crippen LogP contribution in [-0.4, -0.2) is 43.8 Å². The summed E-state index contributed by atoms with van der Waals surface area (Å²) in [7, 11) is 0. The first-order valence-corrected chi connectivity index (χ1v) is 3.84. The molecule has 0 amide bonds. The molecule has 1 fully saturated rings. The number of halogens is 2. The van der Waals surface area contributed by atoms with E-state index >= 15 is 0 Å². The second-order valence-corrected chi connectivity index (χ2v) is 2.89. The van der Waals surface area contributed by atoms with Crippen molar-refractivity contribution in [2.24, 2.45) is 5.73 Å². The molecule has 1 aliphatic rings. The van der Waals surface area contributed by atoms with Crippen LogP contribution in [-0.2, 0) is 4.74 Å². The van der Waals surface area contributed by atoms with Gasteiger partial charge in [-0.1, -0.05) is 0 Å². The van der Waals surface area contributed by atoms with Gasteiger partial charge in [0.2, 0.25) is 0 Å². The van der Waals surface area contributed by atoms with Crippen LogP contribution in [0.2, 0.25) is 0 Å². The summed E-state index contributed by atoms with van der Waals surface area (Å²) in [6.07, 6.45) is 0. The summed E-state index contributed by atoms with van der Waals surface area (Å²) >= 11 is 0. The van der Waals surface area contributed by atoms with Crippen LogP contribution in [0.3, 0.4) is 0 Å². The van der Waals surface area contributed by atoms with Crippen LogP contribution in [0.15, 0.2) is 0 Å². The van der Waals surface area contributed by atoms with E-state index in [0.29, 0.717) is 0 Å². The molecule has 1 rings (SSSR count). The van der Waals surface area contributed by atoms with Gasteiger partial charge in [0.25, 0.3) is 0 Å². The molecule has 3 nitrogen and oxygen atoms in total. The number of ether oxygens (including phenoxy) is 1. The van der Waals surface area contributed by atoms with E-state index in [0.717, 1.165) is 32.8 Å². The predicted octanol–water partition coefficient (Wildman–Crippen LogP) is 0.509. The van der Waals surface area contributed by atoms with E-state index in [9.17, 15) is 0 Å². The van der Waals surface area contributed by atoms with E-state index in [4.69, 9.17) is 10.5 Å². The minimum Gasteiger partial charge on any atom is -0.379 e. The number of nitrogens with two attached hydrogens (primary N) is 1. The molecule has 0 aliphatic carbocycles. The highest BCUT2D eigenvalue weighted by Crippen LogP contribution is 1.96. The third-order valence-electron chi connectivity index (χ3n) is 1.65. The lowest BCUT2D eigenvalue weighted by molar-refractivity contribution is 0.0360. The van der Waals surface area contributed by atoms with E-state index in [1.807, 2.05) is 6.92 Å². The van der Waals surface area contributed by atoms with E-state index in [1.165, 1.54) is 0 Å². The van der Waals surface area contributed by atoms with Crippen molar-refractivity contribution < 1.29 is 4.74 Å². The maximum absolute atomic E-state index is 5.64. The Morgan fingerprint density at radius 3 is 2.25 bits per heavy atom. The molecule has 0 bridgehead atoms. The normalized spacial score (nSPS) is 20.5. The van der Waals surface area contributed by atoms with Crippen molar-refractivity contribution in [1.82, 2.24) is 4.90 Å². The molecule has 76 valence electrons. The molecule has 0 aromatic carbocycles. The minimum atomic E-state index is 0. The third-order valence-corrected chi connectivity index (χ3v) is 1.65. The van der Waals surface area contributed by atoms with Crippen LogP contribution in [0.5, 0.6) is 0 Å². The zero-order valence-electron chi connectivity index (χ0n) is 7.36. The summed E-state index contributed by atoms with van der Waals surface area (Å²) in [6.45, 7) is 6.86. The van der Waals surface area contributed by atoms with Gasteiger partial charge in [-0.25, -0.2) is 0 Å². The molecule has 1 aliphatic heterocycles. The molecule has 1 atom stereocenters. The Kier molecular flexibility index (Phi) is 10.1. The third kappa shape index (κ3) is 6.03. The maximum atomic E-state index is 5.64. The van der Waals surface area contributed by atoms with Crippen molar-refractivity contribution in [2.75, 3.05) is 32.8 Å². The second-order valence-electron chi connectivity index (χ2n) is 2.89. The summed E-state index contributed by atoms with van der Waals surface area (Å²) in [5, 5.41) is 0. The lowest BCUT2D eigenvalue weighted by Gasteiger charge is -2.27. The smallest absolute Gasteiger partial charge is 0.0594 e. The molecule has 1 heterocycles. The average molecular weight is 217 g/mol. The van der Waals surface area contributed by atoms with Gasteiger partial charge in [0.1, 0.15) is 0 Å². The first kappa shape index (κ1) is 15.0. The molecule has 1 saturated heterocycles. The minimum absolute atomic E-state index is 0. The molecule has 0 radical (unpaired) electrons. The van der Waals surface area contributed by atoms with E-state index < -0.39 is 0 Å². The molecular weight excluding hydrogens is 199 g/mol. The van der Waals surface area contributed by atoms with Gasteiger partial charge in [0.15, 0.2) is 0 Å². The SMILES string of the molecule is CC(N)CN1CCOCC1.Cl.Cl. The van der Waals surface area contributed by atoms with Gasteiger partial charge in [-0.2, -0.15) is 0 Å². The van der Waals surface area contributed by atoms with Gasteiger partial charge in [-0.15, -0.1) is 24.8 Å². The van der Waals surface area contributed by atoms with E-state index in [-0.39, 0.29) is 30.9 Å². The van der Waals surface area contributed by atoms with Crippen molar-refractivity contribution in [3.8, 4) is 0 Å². The Morgan fingerprint density at radius 2 is 1.83 bits per heavy atom. The fraction of sp³-hybridized carbons (Fsp3) is 1.00. The molecule has 1 unspecified atom stereocenters. The fourth-order valence-corrected chi connectivity index (χ4v) is 1.19. The van der Waals surface area contributed by atoms with E-state index in [1.54, 1.807) is 0 Å². The number of hydrogen-bond donors (Lipinski definition) is 1. The summed E-state index contributed by atoms with van der Waals surface area (Å²) < 4.78 is 5.20. The van der Waals surface area contributed by atoms with Crippen LogP contribution < -0.4 is 5.73 Å². The Balaban J connectivity index is 0. The largest absolute Gasteiger partial charge is 0.379 e. The lowest BCUT2D eigenvalue weighted by atomic mass is 10.3. The Labute approximate surface area is 86.4 Å².